The highest BCUT2D eigenvalue weighted by molar-refractivity contribution is 5.86. The molecule has 0 radical (unpaired) electrons. The van der Waals surface area contributed by atoms with Gasteiger partial charge in [0.05, 0.1) is 19.3 Å². The molecule has 3 atom stereocenters. The van der Waals surface area contributed by atoms with Crippen molar-refractivity contribution < 1.29 is 19.4 Å². The Balaban J connectivity index is 1.48. The molecule has 30 heavy (non-hydrogen) atoms. The summed E-state index contributed by atoms with van der Waals surface area (Å²) in [6.45, 7) is 7.78. The molecule has 6 nitrogen and oxygen atoms in total. The first kappa shape index (κ1) is 21.1. The molecule has 2 aliphatic heterocycles. The summed E-state index contributed by atoms with van der Waals surface area (Å²) < 4.78 is 11.2. The number of methoxy groups -OCH3 is 1. The summed E-state index contributed by atoms with van der Waals surface area (Å²) in [6, 6.07) is 11.7. The number of hydrogen-bond donors (Lipinski definition) is 1. The lowest BCUT2D eigenvalue weighted by atomic mass is 9.96. The smallest absolute Gasteiger partial charge is 0.325 e. The third-order valence-electron chi connectivity index (χ3n) is 6.45. The molecular weight excluding hydrogens is 380 g/mol. The number of likely N-dealkylation sites (tertiary alicyclic amines) is 1. The number of carboxylic acid groups (broad SMARTS) is 1. The minimum atomic E-state index is -0.782. The van der Waals surface area contributed by atoms with Crippen molar-refractivity contribution in [2.75, 3.05) is 33.3 Å². The molecule has 6 heteroatoms. The predicted octanol–water partition coefficient (Wildman–Crippen LogP) is 3.55. The van der Waals surface area contributed by atoms with Gasteiger partial charge in [-0.3, -0.25) is 14.6 Å². The number of morpholine rings is 1. The van der Waals surface area contributed by atoms with Gasteiger partial charge in [0.2, 0.25) is 0 Å². The number of aliphatic carboxylic acids is 1. The Morgan fingerprint density at radius 1 is 1.07 bits per heavy atom. The van der Waals surface area contributed by atoms with Gasteiger partial charge in [0.1, 0.15) is 11.8 Å². The highest BCUT2D eigenvalue weighted by atomic mass is 16.5. The minimum Gasteiger partial charge on any atom is -0.497 e. The second kappa shape index (κ2) is 8.92. The van der Waals surface area contributed by atoms with Crippen LogP contribution in [0.25, 0.3) is 10.8 Å². The van der Waals surface area contributed by atoms with Crippen LogP contribution in [0.1, 0.15) is 38.3 Å². The first-order chi connectivity index (χ1) is 14.4. The lowest BCUT2D eigenvalue weighted by molar-refractivity contribution is -0.144. The lowest BCUT2D eigenvalue weighted by Gasteiger charge is -2.44. The summed E-state index contributed by atoms with van der Waals surface area (Å²) in [5.74, 6) is 0.0220. The van der Waals surface area contributed by atoms with Gasteiger partial charge >= 0.3 is 5.97 Å². The van der Waals surface area contributed by atoms with Crippen molar-refractivity contribution in [3.63, 3.8) is 0 Å². The van der Waals surface area contributed by atoms with Crippen LogP contribution >= 0.6 is 0 Å². The second-order valence-corrected chi connectivity index (χ2v) is 8.69. The molecule has 0 aromatic heterocycles. The zero-order valence-corrected chi connectivity index (χ0v) is 18.1. The van der Waals surface area contributed by atoms with Gasteiger partial charge in [-0.2, -0.15) is 0 Å². The highest BCUT2D eigenvalue weighted by Gasteiger charge is 2.34. The molecule has 2 heterocycles. The Bertz CT molecular complexity index is 884. The fraction of sp³-hybridized carbons (Fsp3) is 0.542. The number of fused-ring (bicyclic) bond motifs is 1. The van der Waals surface area contributed by atoms with Crippen molar-refractivity contribution >= 4 is 16.7 Å². The van der Waals surface area contributed by atoms with E-state index in [2.05, 4.69) is 23.6 Å². The molecule has 2 saturated heterocycles. The normalized spacial score (nSPS) is 25.3. The molecule has 2 aromatic rings. The number of nitrogens with zero attached hydrogens (tertiary/aromatic N) is 2. The number of carboxylic acids is 1. The van der Waals surface area contributed by atoms with Gasteiger partial charge in [-0.05, 0) is 61.2 Å². The molecule has 2 aliphatic rings. The molecular formula is C24H32N2O4. The third-order valence-corrected chi connectivity index (χ3v) is 6.45. The largest absolute Gasteiger partial charge is 0.497 e. The molecule has 2 fully saturated rings. The average molecular weight is 413 g/mol. The zero-order chi connectivity index (χ0) is 21.3. The fourth-order valence-corrected chi connectivity index (χ4v) is 5.07. The molecule has 0 amide bonds. The van der Waals surface area contributed by atoms with Gasteiger partial charge in [-0.25, -0.2) is 0 Å². The maximum atomic E-state index is 12.2. The van der Waals surface area contributed by atoms with Gasteiger partial charge in [-0.15, -0.1) is 0 Å². The maximum absolute atomic E-state index is 12.2. The van der Waals surface area contributed by atoms with Gasteiger partial charge in [0.25, 0.3) is 0 Å². The van der Waals surface area contributed by atoms with E-state index in [1.807, 2.05) is 36.4 Å². The van der Waals surface area contributed by atoms with Crippen molar-refractivity contribution in [1.82, 2.24) is 9.80 Å². The summed E-state index contributed by atoms with van der Waals surface area (Å²) >= 11 is 0. The topological polar surface area (TPSA) is 62.2 Å². The second-order valence-electron chi connectivity index (χ2n) is 8.69. The van der Waals surface area contributed by atoms with Crippen LogP contribution in [0.3, 0.4) is 0 Å². The molecule has 4 rings (SSSR count). The third kappa shape index (κ3) is 4.46. The Morgan fingerprint density at radius 3 is 2.33 bits per heavy atom. The first-order valence-electron chi connectivity index (χ1n) is 10.9. The Labute approximate surface area is 178 Å². The van der Waals surface area contributed by atoms with Crippen LogP contribution in [0.5, 0.6) is 5.75 Å². The first-order valence-corrected chi connectivity index (χ1v) is 10.9. The molecule has 0 bridgehead atoms. The van der Waals surface area contributed by atoms with E-state index in [1.54, 1.807) is 7.11 Å². The summed E-state index contributed by atoms with van der Waals surface area (Å²) in [5.41, 5.74) is 0.840. The van der Waals surface area contributed by atoms with Crippen LogP contribution in [-0.2, 0) is 9.53 Å². The number of ether oxygens (including phenoxy) is 2. The van der Waals surface area contributed by atoms with E-state index >= 15 is 0 Å². The molecule has 0 spiro atoms. The van der Waals surface area contributed by atoms with Crippen molar-refractivity contribution in [1.29, 1.82) is 0 Å². The molecule has 2 aromatic carbocycles. The Hall–Kier alpha value is -2.15. The van der Waals surface area contributed by atoms with E-state index in [0.717, 1.165) is 61.1 Å². The average Bonchev–Trinajstić information content (AvgIpc) is 2.73. The van der Waals surface area contributed by atoms with Crippen LogP contribution in [-0.4, -0.2) is 72.4 Å². The van der Waals surface area contributed by atoms with Crippen molar-refractivity contribution in [3.8, 4) is 5.75 Å². The van der Waals surface area contributed by atoms with E-state index in [1.165, 1.54) is 0 Å². The van der Waals surface area contributed by atoms with Crippen molar-refractivity contribution in [2.24, 2.45) is 0 Å². The number of piperidine rings is 1. The highest BCUT2D eigenvalue weighted by Crippen LogP contribution is 2.31. The van der Waals surface area contributed by atoms with Gasteiger partial charge in [0, 0.05) is 32.2 Å². The monoisotopic (exact) mass is 412 g/mol. The van der Waals surface area contributed by atoms with E-state index in [4.69, 9.17) is 9.47 Å². The van der Waals surface area contributed by atoms with E-state index in [0.29, 0.717) is 6.04 Å². The lowest BCUT2D eigenvalue weighted by Crippen LogP contribution is -2.53. The van der Waals surface area contributed by atoms with Gasteiger partial charge in [-0.1, -0.05) is 18.2 Å². The molecule has 162 valence electrons. The fourth-order valence-electron chi connectivity index (χ4n) is 5.07. The SMILES string of the molecule is COc1ccc2cc(C(C(=O)O)N3CCC(N4C[C@@H](C)O[C@@H](C)C4)CC3)ccc2c1. The number of rotatable bonds is 5. The quantitative estimate of drug-likeness (QED) is 0.810. The standard InChI is InChI=1S/C24H32N2O4/c1-16-14-26(15-17(2)30-16)21-8-10-25(11-9-21)23(24(27)28)20-5-4-19-13-22(29-3)7-6-18(19)12-20/h4-7,12-13,16-17,21,23H,8-11,14-15H2,1-3H3,(H,27,28)/t16-,17+,23?. The Kier molecular flexibility index (Phi) is 6.27. The minimum absolute atomic E-state index is 0.259. The predicted molar refractivity (Wildman–Crippen MR) is 117 cm³/mol. The Morgan fingerprint density at radius 2 is 1.70 bits per heavy atom. The molecule has 0 aliphatic carbocycles. The van der Waals surface area contributed by atoms with Crippen LogP contribution < -0.4 is 4.74 Å². The number of benzene rings is 2. The van der Waals surface area contributed by atoms with E-state index in [-0.39, 0.29) is 12.2 Å². The van der Waals surface area contributed by atoms with Crippen LogP contribution in [0.2, 0.25) is 0 Å². The van der Waals surface area contributed by atoms with Crippen LogP contribution in [0.15, 0.2) is 36.4 Å². The molecule has 1 N–H and O–H groups in total. The summed E-state index contributed by atoms with van der Waals surface area (Å²) in [5, 5.41) is 12.1. The van der Waals surface area contributed by atoms with E-state index in [9.17, 15) is 9.90 Å². The summed E-state index contributed by atoms with van der Waals surface area (Å²) in [4.78, 5) is 16.9. The van der Waals surface area contributed by atoms with E-state index < -0.39 is 12.0 Å². The van der Waals surface area contributed by atoms with Crippen molar-refractivity contribution in [2.45, 2.75) is 51.0 Å². The van der Waals surface area contributed by atoms with Crippen LogP contribution in [0.4, 0.5) is 0 Å². The summed E-state index contributed by atoms with van der Waals surface area (Å²) in [7, 11) is 1.65. The zero-order valence-electron chi connectivity index (χ0n) is 18.1. The van der Waals surface area contributed by atoms with Gasteiger partial charge in [0.15, 0.2) is 0 Å². The molecule has 0 saturated carbocycles. The number of hydrogen-bond acceptors (Lipinski definition) is 5. The maximum Gasteiger partial charge on any atom is 0.325 e. The molecule has 1 unspecified atom stereocenters. The number of carbonyl (C=O) groups is 1. The van der Waals surface area contributed by atoms with Gasteiger partial charge < -0.3 is 14.6 Å². The summed E-state index contributed by atoms with van der Waals surface area (Å²) in [6.07, 6.45) is 2.51. The van der Waals surface area contributed by atoms with Crippen LogP contribution in [0, 0.1) is 0 Å². The van der Waals surface area contributed by atoms with Crippen molar-refractivity contribution in [3.05, 3.63) is 42.0 Å².